The number of H-pyrrole nitrogens is 1. The molecule has 0 aliphatic carbocycles. The Labute approximate surface area is 143 Å². The summed E-state index contributed by atoms with van der Waals surface area (Å²) in [6.45, 7) is 1.16. The van der Waals surface area contributed by atoms with E-state index in [1.54, 1.807) is 17.0 Å². The predicted molar refractivity (Wildman–Crippen MR) is 86.4 cm³/mol. The predicted octanol–water partition coefficient (Wildman–Crippen LogP) is 0.127. The van der Waals surface area contributed by atoms with Crippen molar-refractivity contribution in [3.8, 4) is 17.1 Å². The summed E-state index contributed by atoms with van der Waals surface area (Å²) in [6, 6.07) is 7.19. The summed E-state index contributed by atoms with van der Waals surface area (Å²) in [4.78, 5) is 25.6. The number of aromatic amines is 1. The number of hydrogen-bond donors (Lipinski definition) is 2. The number of amides is 2. The Morgan fingerprint density at radius 1 is 1.36 bits per heavy atom. The lowest BCUT2D eigenvalue weighted by Gasteiger charge is -2.23. The van der Waals surface area contributed by atoms with E-state index in [4.69, 9.17) is 4.74 Å². The van der Waals surface area contributed by atoms with Crippen molar-refractivity contribution in [2.75, 3.05) is 19.7 Å². The zero-order valence-corrected chi connectivity index (χ0v) is 13.6. The molecule has 130 valence electrons. The first-order valence-electron chi connectivity index (χ1n) is 8.19. The number of aromatic nitrogens is 4. The van der Waals surface area contributed by atoms with E-state index in [9.17, 15) is 9.59 Å². The fraction of sp³-hybridized carbons (Fsp3) is 0.438. The molecule has 0 bridgehead atoms. The highest BCUT2D eigenvalue weighted by molar-refractivity contribution is 5.81. The molecule has 1 unspecified atom stereocenters. The average Bonchev–Trinajstić information content (AvgIpc) is 3.35. The van der Waals surface area contributed by atoms with E-state index in [1.807, 2.05) is 12.1 Å². The third kappa shape index (κ3) is 3.17. The third-order valence-corrected chi connectivity index (χ3v) is 4.74. The largest absolute Gasteiger partial charge is 0.484 e. The number of nitrogens with zero attached hydrogens (tertiary/aromatic N) is 4. The van der Waals surface area contributed by atoms with Crippen LogP contribution in [0.2, 0.25) is 0 Å². The van der Waals surface area contributed by atoms with E-state index in [0.29, 0.717) is 31.1 Å². The van der Waals surface area contributed by atoms with Crippen LogP contribution in [-0.2, 0) is 9.59 Å². The number of tetrazole rings is 1. The molecule has 2 aromatic rings. The molecule has 4 rings (SSSR count). The van der Waals surface area contributed by atoms with E-state index in [0.717, 1.165) is 18.4 Å². The molecule has 1 atom stereocenters. The molecule has 2 aliphatic rings. The smallest absolute Gasteiger partial charge is 0.260 e. The van der Waals surface area contributed by atoms with Gasteiger partial charge in [0.15, 0.2) is 6.61 Å². The Morgan fingerprint density at radius 3 is 3.04 bits per heavy atom. The van der Waals surface area contributed by atoms with Crippen LogP contribution in [0.5, 0.6) is 5.75 Å². The van der Waals surface area contributed by atoms with Crippen LogP contribution in [0.3, 0.4) is 0 Å². The minimum atomic E-state index is -0.231. The van der Waals surface area contributed by atoms with Gasteiger partial charge in [0.2, 0.25) is 11.7 Å². The number of carbonyl (C=O) groups is 2. The van der Waals surface area contributed by atoms with Crippen LogP contribution in [0.1, 0.15) is 19.3 Å². The van der Waals surface area contributed by atoms with Crippen molar-refractivity contribution in [3.63, 3.8) is 0 Å². The Kier molecular flexibility index (Phi) is 3.83. The minimum Gasteiger partial charge on any atom is -0.484 e. The molecule has 1 spiro atoms. The topological polar surface area (TPSA) is 113 Å². The van der Waals surface area contributed by atoms with Crippen molar-refractivity contribution in [1.82, 2.24) is 30.8 Å². The number of ether oxygens (including phenoxy) is 1. The van der Waals surface area contributed by atoms with Gasteiger partial charge in [-0.1, -0.05) is 12.1 Å². The van der Waals surface area contributed by atoms with Gasteiger partial charge in [-0.25, -0.2) is 0 Å². The summed E-state index contributed by atoms with van der Waals surface area (Å²) in [5.74, 6) is 1.03. The maximum absolute atomic E-state index is 12.4. The quantitative estimate of drug-likeness (QED) is 0.816. The maximum Gasteiger partial charge on any atom is 0.260 e. The van der Waals surface area contributed by atoms with Gasteiger partial charge >= 0.3 is 0 Å². The summed E-state index contributed by atoms with van der Waals surface area (Å²) in [5, 5.41) is 16.8. The first-order valence-corrected chi connectivity index (χ1v) is 8.19. The van der Waals surface area contributed by atoms with Crippen molar-refractivity contribution in [1.29, 1.82) is 0 Å². The summed E-state index contributed by atoms with van der Waals surface area (Å²) in [6.07, 6.45) is 2.14. The van der Waals surface area contributed by atoms with Crippen LogP contribution in [0, 0.1) is 0 Å². The fourth-order valence-corrected chi connectivity index (χ4v) is 3.41. The van der Waals surface area contributed by atoms with Gasteiger partial charge in [0.25, 0.3) is 5.91 Å². The van der Waals surface area contributed by atoms with Crippen LogP contribution in [0.4, 0.5) is 0 Å². The highest BCUT2D eigenvalue weighted by Gasteiger charge is 2.44. The number of carbonyl (C=O) groups excluding carboxylic acids is 2. The molecule has 1 aromatic heterocycles. The van der Waals surface area contributed by atoms with Gasteiger partial charge in [-0.3, -0.25) is 9.59 Å². The highest BCUT2D eigenvalue weighted by atomic mass is 16.5. The second-order valence-corrected chi connectivity index (χ2v) is 6.45. The SMILES string of the molecule is O=C1CCC2(CCN(C(=O)COc3cccc(-c4nn[nH]n4)c3)C2)N1. The first-order chi connectivity index (χ1) is 12.1. The van der Waals surface area contributed by atoms with Gasteiger partial charge in [0.1, 0.15) is 5.75 Å². The lowest BCUT2D eigenvalue weighted by molar-refractivity contribution is -0.132. The Hall–Kier alpha value is -2.97. The lowest BCUT2D eigenvalue weighted by atomic mass is 9.97. The zero-order valence-electron chi connectivity index (χ0n) is 13.6. The van der Waals surface area contributed by atoms with E-state index in [-0.39, 0.29) is 24.0 Å². The Bertz CT molecular complexity index is 793. The summed E-state index contributed by atoms with van der Waals surface area (Å²) >= 11 is 0. The molecular formula is C16H18N6O3. The van der Waals surface area contributed by atoms with E-state index in [1.165, 1.54) is 0 Å². The molecule has 2 fully saturated rings. The second-order valence-electron chi connectivity index (χ2n) is 6.45. The van der Waals surface area contributed by atoms with Gasteiger partial charge in [-0.05, 0) is 30.2 Å². The van der Waals surface area contributed by atoms with Gasteiger partial charge in [0.05, 0.1) is 5.54 Å². The molecule has 9 heteroatoms. The molecule has 2 amide bonds. The van der Waals surface area contributed by atoms with Gasteiger partial charge < -0.3 is 15.0 Å². The maximum atomic E-state index is 12.4. The monoisotopic (exact) mass is 342 g/mol. The summed E-state index contributed by atoms with van der Waals surface area (Å²) in [7, 11) is 0. The molecule has 2 aliphatic heterocycles. The van der Waals surface area contributed by atoms with Crippen molar-refractivity contribution in [2.24, 2.45) is 0 Å². The molecule has 2 N–H and O–H groups in total. The first kappa shape index (κ1) is 15.6. The van der Waals surface area contributed by atoms with Crippen molar-refractivity contribution in [3.05, 3.63) is 24.3 Å². The standard InChI is InChI=1S/C16H18N6O3/c23-13-4-5-16(17-13)6-7-22(10-16)14(24)9-25-12-3-1-2-11(8-12)15-18-20-21-19-15/h1-3,8H,4-7,9-10H2,(H,17,23)(H,18,19,20,21). The molecule has 0 saturated carbocycles. The third-order valence-electron chi connectivity index (χ3n) is 4.74. The van der Waals surface area contributed by atoms with Gasteiger partial charge in [-0.2, -0.15) is 5.21 Å². The van der Waals surface area contributed by atoms with Crippen LogP contribution in [0.25, 0.3) is 11.4 Å². The van der Waals surface area contributed by atoms with Crippen molar-refractivity contribution < 1.29 is 14.3 Å². The number of nitrogens with one attached hydrogen (secondary N) is 2. The minimum absolute atomic E-state index is 0.0419. The Morgan fingerprint density at radius 2 is 2.28 bits per heavy atom. The van der Waals surface area contributed by atoms with E-state index < -0.39 is 0 Å². The number of likely N-dealkylation sites (tertiary alicyclic amines) is 1. The van der Waals surface area contributed by atoms with E-state index >= 15 is 0 Å². The molecule has 2 saturated heterocycles. The number of hydrogen-bond acceptors (Lipinski definition) is 6. The molecule has 3 heterocycles. The lowest BCUT2D eigenvalue weighted by Crippen LogP contribution is -2.45. The van der Waals surface area contributed by atoms with Gasteiger partial charge in [0, 0.05) is 25.1 Å². The number of rotatable bonds is 4. The molecule has 0 radical (unpaired) electrons. The molecule has 25 heavy (non-hydrogen) atoms. The van der Waals surface area contributed by atoms with Crippen LogP contribution >= 0.6 is 0 Å². The van der Waals surface area contributed by atoms with Crippen LogP contribution in [-0.4, -0.2) is 62.6 Å². The van der Waals surface area contributed by atoms with Gasteiger partial charge in [-0.15, -0.1) is 10.2 Å². The average molecular weight is 342 g/mol. The van der Waals surface area contributed by atoms with Crippen LogP contribution in [0.15, 0.2) is 24.3 Å². The van der Waals surface area contributed by atoms with Crippen LogP contribution < -0.4 is 10.1 Å². The molecular weight excluding hydrogens is 324 g/mol. The normalized spacial score (nSPS) is 22.4. The molecule has 1 aromatic carbocycles. The molecule has 9 nitrogen and oxygen atoms in total. The van der Waals surface area contributed by atoms with Crippen molar-refractivity contribution >= 4 is 11.8 Å². The highest BCUT2D eigenvalue weighted by Crippen LogP contribution is 2.30. The second kappa shape index (κ2) is 6.15. The number of benzene rings is 1. The zero-order chi connectivity index (χ0) is 17.3. The Balaban J connectivity index is 1.35. The fourth-order valence-electron chi connectivity index (χ4n) is 3.41. The van der Waals surface area contributed by atoms with Crippen molar-refractivity contribution in [2.45, 2.75) is 24.8 Å². The van der Waals surface area contributed by atoms with E-state index in [2.05, 4.69) is 25.9 Å². The summed E-state index contributed by atoms with van der Waals surface area (Å²) in [5.41, 5.74) is 0.526. The summed E-state index contributed by atoms with van der Waals surface area (Å²) < 4.78 is 5.63.